The number of nitrogens with zero attached hydrogens (tertiary/aromatic N) is 2. The second-order valence-electron chi connectivity index (χ2n) is 4.82. The van der Waals surface area contributed by atoms with E-state index in [4.69, 9.17) is 21.1 Å². The van der Waals surface area contributed by atoms with Crippen molar-refractivity contribution in [2.75, 3.05) is 19.8 Å². The van der Waals surface area contributed by atoms with Crippen LogP contribution in [0.3, 0.4) is 0 Å². The topological polar surface area (TPSA) is 81.9 Å². The van der Waals surface area contributed by atoms with E-state index in [0.717, 1.165) is 19.4 Å². The van der Waals surface area contributed by atoms with Crippen LogP contribution in [0.5, 0.6) is 0 Å². The van der Waals surface area contributed by atoms with Gasteiger partial charge in [-0.25, -0.2) is 9.78 Å². The van der Waals surface area contributed by atoms with Gasteiger partial charge in [-0.2, -0.15) is 0 Å². The molecule has 3 rings (SSSR count). The van der Waals surface area contributed by atoms with Crippen LogP contribution in [-0.2, 0) is 14.3 Å². The molecule has 2 aromatic heterocycles. The van der Waals surface area contributed by atoms with Gasteiger partial charge in [0.2, 0.25) is 0 Å². The molecule has 7 nitrogen and oxygen atoms in total. The standard InChI is InChI=1S/C13H14ClN3O4S/c14-11-10(17-3-5-22-13(17)16-11)12(19)21-7-9(18)15-6-8-2-1-4-20-8/h3,5,8H,1-2,4,6-7H2,(H,15,18). The van der Waals surface area contributed by atoms with Crippen molar-refractivity contribution in [1.82, 2.24) is 14.7 Å². The first kappa shape index (κ1) is 15.3. The molecule has 0 aromatic carbocycles. The summed E-state index contributed by atoms with van der Waals surface area (Å²) in [4.78, 5) is 28.3. The summed E-state index contributed by atoms with van der Waals surface area (Å²) in [6, 6.07) is 0. The second kappa shape index (κ2) is 6.64. The van der Waals surface area contributed by atoms with Gasteiger partial charge in [-0.3, -0.25) is 9.20 Å². The molecule has 0 radical (unpaired) electrons. The molecule has 2 aromatic rings. The summed E-state index contributed by atoms with van der Waals surface area (Å²) in [5, 5.41) is 4.53. The average molecular weight is 344 g/mol. The fourth-order valence-corrected chi connectivity index (χ4v) is 3.24. The number of hydrogen-bond acceptors (Lipinski definition) is 6. The summed E-state index contributed by atoms with van der Waals surface area (Å²) < 4.78 is 11.9. The molecule has 1 saturated heterocycles. The quantitative estimate of drug-likeness (QED) is 0.832. The van der Waals surface area contributed by atoms with E-state index in [1.54, 1.807) is 16.0 Å². The first-order chi connectivity index (χ1) is 10.6. The van der Waals surface area contributed by atoms with Crippen molar-refractivity contribution in [2.45, 2.75) is 18.9 Å². The number of halogens is 1. The lowest BCUT2D eigenvalue weighted by molar-refractivity contribution is -0.124. The monoisotopic (exact) mass is 343 g/mol. The molecule has 1 N–H and O–H groups in total. The zero-order chi connectivity index (χ0) is 15.5. The lowest BCUT2D eigenvalue weighted by Crippen LogP contribution is -2.34. The van der Waals surface area contributed by atoms with E-state index >= 15 is 0 Å². The number of imidazole rings is 1. The highest BCUT2D eigenvalue weighted by Gasteiger charge is 2.21. The van der Waals surface area contributed by atoms with E-state index in [1.807, 2.05) is 0 Å². The SMILES string of the molecule is O=C(COC(=O)c1c(Cl)nc2sccn12)NCC1CCCO1. The second-order valence-corrected chi connectivity index (χ2v) is 6.05. The van der Waals surface area contributed by atoms with Crippen molar-refractivity contribution in [2.24, 2.45) is 0 Å². The van der Waals surface area contributed by atoms with Gasteiger partial charge in [0.1, 0.15) is 0 Å². The fraction of sp³-hybridized carbons (Fsp3) is 0.462. The minimum atomic E-state index is -0.678. The third kappa shape index (κ3) is 3.23. The third-order valence-electron chi connectivity index (χ3n) is 3.30. The Balaban J connectivity index is 1.52. The van der Waals surface area contributed by atoms with Gasteiger partial charge in [0.15, 0.2) is 22.4 Å². The summed E-state index contributed by atoms with van der Waals surface area (Å²) in [5.74, 6) is -1.05. The number of hydrogen-bond donors (Lipinski definition) is 1. The first-order valence-electron chi connectivity index (χ1n) is 6.81. The van der Waals surface area contributed by atoms with Crippen molar-refractivity contribution in [3.63, 3.8) is 0 Å². The van der Waals surface area contributed by atoms with Crippen LogP contribution in [0.15, 0.2) is 11.6 Å². The molecule has 1 atom stereocenters. The van der Waals surface area contributed by atoms with Gasteiger partial charge < -0.3 is 14.8 Å². The van der Waals surface area contributed by atoms with Crippen molar-refractivity contribution in [1.29, 1.82) is 0 Å². The van der Waals surface area contributed by atoms with Crippen LogP contribution >= 0.6 is 22.9 Å². The Morgan fingerprint density at radius 2 is 2.45 bits per heavy atom. The van der Waals surface area contributed by atoms with Gasteiger partial charge >= 0.3 is 5.97 Å². The maximum atomic E-state index is 12.0. The van der Waals surface area contributed by atoms with Crippen molar-refractivity contribution < 1.29 is 19.1 Å². The van der Waals surface area contributed by atoms with Gasteiger partial charge in [-0.1, -0.05) is 11.6 Å². The molecular formula is C13H14ClN3O4S. The summed E-state index contributed by atoms with van der Waals surface area (Å²) in [6.45, 7) is 0.795. The molecule has 0 spiro atoms. The minimum Gasteiger partial charge on any atom is -0.451 e. The highest BCUT2D eigenvalue weighted by molar-refractivity contribution is 7.15. The lowest BCUT2D eigenvalue weighted by Gasteiger charge is -2.10. The van der Waals surface area contributed by atoms with Crippen molar-refractivity contribution in [3.8, 4) is 0 Å². The first-order valence-corrected chi connectivity index (χ1v) is 8.07. The molecule has 1 unspecified atom stereocenters. The predicted molar refractivity (Wildman–Crippen MR) is 80.3 cm³/mol. The molecule has 0 saturated carbocycles. The average Bonchev–Trinajstić information content (AvgIpc) is 3.19. The number of thiazole rings is 1. The number of esters is 1. The van der Waals surface area contributed by atoms with Crippen LogP contribution in [0.4, 0.5) is 0 Å². The van der Waals surface area contributed by atoms with Gasteiger partial charge in [0.05, 0.1) is 6.10 Å². The van der Waals surface area contributed by atoms with E-state index < -0.39 is 5.97 Å². The van der Waals surface area contributed by atoms with E-state index in [-0.39, 0.29) is 29.5 Å². The zero-order valence-electron chi connectivity index (χ0n) is 11.6. The number of carbonyl (C=O) groups is 2. The van der Waals surface area contributed by atoms with Gasteiger partial charge in [-0.15, -0.1) is 11.3 Å². The number of nitrogens with one attached hydrogen (secondary N) is 1. The maximum absolute atomic E-state index is 12.0. The molecular weight excluding hydrogens is 330 g/mol. The molecule has 1 aliphatic heterocycles. The Kier molecular flexibility index (Phi) is 4.60. The van der Waals surface area contributed by atoms with Crippen LogP contribution in [-0.4, -0.2) is 47.1 Å². The highest BCUT2D eigenvalue weighted by atomic mass is 35.5. The largest absolute Gasteiger partial charge is 0.451 e. The van der Waals surface area contributed by atoms with E-state index in [9.17, 15) is 9.59 Å². The van der Waals surface area contributed by atoms with E-state index in [0.29, 0.717) is 11.5 Å². The molecule has 0 bridgehead atoms. The molecule has 3 heterocycles. The molecule has 1 aliphatic rings. The molecule has 9 heteroatoms. The number of fused-ring (bicyclic) bond motifs is 1. The zero-order valence-corrected chi connectivity index (χ0v) is 13.2. The third-order valence-corrected chi connectivity index (χ3v) is 4.32. The van der Waals surface area contributed by atoms with Crippen LogP contribution in [0.25, 0.3) is 4.96 Å². The maximum Gasteiger partial charge on any atom is 0.359 e. The van der Waals surface area contributed by atoms with Crippen LogP contribution in [0, 0.1) is 0 Å². The normalized spacial score (nSPS) is 17.8. The summed E-state index contributed by atoms with van der Waals surface area (Å²) >= 11 is 7.28. The lowest BCUT2D eigenvalue weighted by atomic mass is 10.2. The molecule has 118 valence electrons. The van der Waals surface area contributed by atoms with Crippen LogP contribution in [0.1, 0.15) is 23.3 Å². The number of ether oxygens (including phenoxy) is 2. The Bertz CT molecular complexity index is 693. The van der Waals surface area contributed by atoms with Gasteiger partial charge in [0, 0.05) is 24.7 Å². The minimum absolute atomic E-state index is 0.0503. The molecule has 1 fully saturated rings. The Morgan fingerprint density at radius 1 is 1.59 bits per heavy atom. The highest BCUT2D eigenvalue weighted by Crippen LogP contribution is 2.21. The van der Waals surface area contributed by atoms with E-state index in [1.165, 1.54) is 11.3 Å². The molecule has 0 aliphatic carbocycles. The predicted octanol–water partition coefficient (Wildman–Crippen LogP) is 1.50. The smallest absolute Gasteiger partial charge is 0.359 e. The molecule has 22 heavy (non-hydrogen) atoms. The number of amides is 1. The van der Waals surface area contributed by atoms with E-state index in [2.05, 4.69) is 10.3 Å². The van der Waals surface area contributed by atoms with Crippen LogP contribution < -0.4 is 5.32 Å². The number of carbonyl (C=O) groups excluding carboxylic acids is 2. The summed E-state index contributed by atoms with van der Waals surface area (Å²) in [6.07, 6.45) is 3.66. The number of aromatic nitrogens is 2. The summed E-state index contributed by atoms with van der Waals surface area (Å²) in [7, 11) is 0. The number of rotatable bonds is 5. The van der Waals surface area contributed by atoms with Gasteiger partial charge in [-0.05, 0) is 12.8 Å². The molecule has 1 amide bonds. The van der Waals surface area contributed by atoms with Crippen LogP contribution in [0.2, 0.25) is 5.15 Å². The fourth-order valence-electron chi connectivity index (χ4n) is 2.23. The van der Waals surface area contributed by atoms with Crippen molar-refractivity contribution in [3.05, 3.63) is 22.4 Å². The Labute approximate surface area is 135 Å². The van der Waals surface area contributed by atoms with Gasteiger partial charge in [0.25, 0.3) is 5.91 Å². The Morgan fingerprint density at radius 3 is 3.23 bits per heavy atom. The Hall–Kier alpha value is -1.64. The summed E-state index contributed by atoms with van der Waals surface area (Å²) in [5.41, 5.74) is 0.129. The van der Waals surface area contributed by atoms with Crippen molar-refractivity contribution >= 4 is 39.8 Å².